The fourth-order valence-electron chi connectivity index (χ4n) is 1.79. The Kier molecular flexibility index (Phi) is 3.94. The van der Waals surface area contributed by atoms with E-state index in [1.54, 1.807) is 14.0 Å². The summed E-state index contributed by atoms with van der Waals surface area (Å²) in [6.45, 7) is 1.73. The highest BCUT2D eigenvalue weighted by atomic mass is 35.5. The van der Waals surface area contributed by atoms with Crippen molar-refractivity contribution in [3.05, 3.63) is 46.0 Å². The molecule has 0 aliphatic rings. The van der Waals surface area contributed by atoms with Gasteiger partial charge in [0.25, 0.3) is 0 Å². The molecule has 106 valence electrons. The lowest BCUT2D eigenvalue weighted by Crippen LogP contribution is -2.07. The number of aromatic nitrogens is 2. The summed E-state index contributed by atoms with van der Waals surface area (Å²) >= 11 is 6.02. The van der Waals surface area contributed by atoms with Crippen molar-refractivity contribution in [1.29, 1.82) is 0 Å². The maximum absolute atomic E-state index is 13.2. The third-order valence-electron chi connectivity index (χ3n) is 2.77. The first-order valence-corrected chi connectivity index (χ1v) is 6.17. The quantitative estimate of drug-likeness (QED) is 0.698. The zero-order valence-corrected chi connectivity index (χ0v) is 11.7. The van der Waals surface area contributed by atoms with Crippen LogP contribution in [0.15, 0.2) is 18.2 Å². The van der Waals surface area contributed by atoms with Crippen molar-refractivity contribution in [1.82, 2.24) is 9.78 Å². The van der Waals surface area contributed by atoms with E-state index >= 15 is 0 Å². The molecule has 2 aromatic rings. The van der Waals surface area contributed by atoms with Gasteiger partial charge in [0.1, 0.15) is 17.6 Å². The predicted molar refractivity (Wildman–Crippen MR) is 72.9 cm³/mol. The molecule has 0 saturated carbocycles. The minimum absolute atomic E-state index is 0.0340. The fraction of sp³-hybridized carbons (Fsp3) is 0.231. The van der Waals surface area contributed by atoms with Crippen molar-refractivity contribution in [3.63, 3.8) is 0 Å². The van der Waals surface area contributed by atoms with Crippen LogP contribution in [0.5, 0.6) is 0 Å². The Morgan fingerprint density at radius 1 is 1.50 bits per heavy atom. The third-order valence-corrected chi connectivity index (χ3v) is 3.25. The second kappa shape index (κ2) is 5.50. The average molecular weight is 298 g/mol. The van der Waals surface area contributed by atoms with Gasteiger partial charge in [-0.2, -0.15) is 5.10 Å². The molecule has 0 spiro atoms. The SMILES string of the molecule is Cc1nn(C)c(Cl)c1COC(=O)c1cc(N)cc(F)c1. The van der Waals surface area contributed by atoms with Gasteiger partial charge < -0.3 is 10.5 Å². The smallest absolute Gasteiger partial charge is 0.338 e. The van der Waals surface area contributed by atoms with Crippen LogP contribution in [0.25, 0.3) is 0 Å². The van der Waals surface area contributed by atoms with Gasteiger partial charge in [-0.05, 0) is 25.1 Å². The topological polar surface area (TPSA) is 70.1 Å². The Balaban J connectivity index is 2.12. The number of aryl methyl sites for hydroxylation is 2. The Bertz CT molecular complexity index is 650. The monoisotopic (exact) mass is 297 g/mol. The summed E-state index contributed by atoms with van der Waals surface area (Å²) in [6.07, 6.45) is 0. The lowest BCUT2D eigenvalue weighted by Gasteiger charge is -2.06. The molecule has 0 fully saturated rings. The number of esters is 1. The number of hydrogen-bond acceptors (Lipinski definition) is 4. The van der Waals surface area contributed by atoms with E-state index in [1.165, 1.54) is 10.7 Å². The van der Waals surface area contributed by atoms with Crippen molar-refractivity contribution in [2.75, 3.05) is 5.73 Å². The Hall–Kier alpha value is -2.08. The minimum Gasteiger partial charge on any atom is -0.457 e. The van der Waals surface area contributed by atoms with Gasteiger partial charge in [0.15, 0.2) is 0 Å². The molecule has 0 radical (unpaired) electrons. The van der Waals surface area contributed by atoms with Gasteiger partial charge in [-0.25, -0.2) is 9.18 Å². The molecule has 0 aliphatic heterocycles. The van der Waals surface area contributed by atoms with Crippen molar-refractivity contribution in [2.45, 2.75) is 13.5 Å². The van der Waals surface area contributed by atoms with E-state index < -0.39 is 11.8 Å². The van der Waals surface area contributed by atoms with E-state index in [1.807, 2.05) is 0 Å². The Morgan fingerprint density at radius 2 is 2.20 bits per heavy atom. The standard InChI is InChI=1S/C13H13ClFN3O2/c1-7-11(12(14)18(2)17-7)6-20-13(19)8-3-9(15)5-10(16)4-8/h3-5H,6,16H2,1-2H3. The van der Waals surface area contributed by atoms with Gasteiger partial charge in [0.05, 0.1) is 11.3 Å². The number of ether oxygens (including phenoxy) is 1. The average Bonchev–Trinajstić information content (AvgIpc) is 2.60. The van der Waals surface area contributed by atoms with E-state index in [-0.39, 0.29) is 17.9 Å². The molecule has 1 aromatic carbocycles. The summed E-state index contributed by atoms with van der Waals surface area (Å²) in [5.41, 5.74) is 6.98. The second-order valence-electron chi connectivity index (χ2n) is 4.33. The van der Waals surface area contributed by atoms with Crippen LogP contribution in [0.1, 0.15) is 21.6 Å². The van der Waals surface area contributed by atoms with E-state index in [4.69, 9.17) is 22.1 Å². The number of nitrogens with two attached hydrogens (primary N) is 1. The molecule has 5 nitrogen and oxygen atoms in total. The first-order valence-electron chi connectivity index (χ1n) is 5.79. The predicted octanol–water partition coefficient (Wildman–Crippen LogP) is 2.46. The summed E-state index contributed by atoms with van der Waals surface area (Å²) < 4.78 is 19.7. The van der Waals surface area contributed by atoms with Crippen LogP contribution >= 0.6 is 11.6 Å². The van der Waals surface area contributed by atoms with E-state index in [0.29, 0.717) is 16.4 Å². The Morgan fingerprint density at radius 3 is 2.75 bits per heavy atom. The number of nitrogen functional groups attached to an aromatic ring is 1. The molecule has 0 atom stereocenters. The van der Waals surface area contributed by atoms with Gasteiger partial charge >= 0.3 is 5.97 Å². The van der Waals surface area contributed by atoms with Gasteiger partial charge in [0, 0.05) is 18.3 Å². The molecule has 0 bridgehead atoms. The highest BCUT2D eigenvalue weighted by Crippen LogP contribution is 2.20. The van der Waals surface area contributed by atoms with Crippen LogP contribution in [-0.4, -0.2) is 15.7 Å². The lowest BCUT2D eigenvalue weighted by molar-refractivity contribution is 0.0471. The number of rotatable bonds is 3. The van der Waals surface area contributed by atoms with Crippen LogP contribution in [-0.2, 0) is 18.4 Å². The minimum atomic E-state index is -0.671. The number of nitrogens with zero attached hydrogens (tertiary/aromatic N) is 2. The maximum Gasteiger partial charge on any atom is 0.338 e. The summed E-state index contributed by atoms with van der Waals surface area (Å²) in [6, 6.07) is 3.54. The van der Waals surface area contributed by atoms with Crippen molar-refractivity contribution < 1.29 is 13.9 Å². The van der Waals surface area contributed by atoms with E-state index in [9.17, 15) is 9.18 Å². The first kappa shape index (κ1) is 14.3. The Labute approximate surface area is 120 Å². The molecule has 7 heteroatoms. The van der Waals surface area contributed by atoms with Crippen LogP contribution in [0.3, 0.4) is 0 Å². The summed E-state index contributed by atoms with van der Waals surface area (Å²) in [4.78, 5) is 11.8. The normalized spacial score (nSPS) is 10.6. The molecule has 0 aliphatic carbocycles. The molecule has 0 amide bonds. The van der Waals surface area contributed by atoms with Crippen LogP contribution < -0.4 is 5.73 Å². The van der Waals surface area contributed by atoms with E-state index in [0.717, 1.165) is 12.1 Å². The van der Waals surface area contributed by atoms with Gasteiger partial charge in [0.2, 0.25) is 0 Å². The largest absolute Gasteiger partial charge is 0.457 e. The van der Waals surface area contributed by atoms with Crippen molar-refractivity contribution >= 4 is 23.3 Å². The molecule has 2 N–H and O–H groups in total. The highest BCUT2D eigenvalue weighted by molar-refractivity contribution is 6.30. The lowest BCUT2D eigenvalue weighted by atomic mass is 10.2. The van der Waals surface area contributed by atoms with Crippen LogP contribution in [0.2, 0.25) is 5.15 Å². The molecule has 1 heterocycles. The zero-order valence-electron chi connectivity index (χ0n) is 11.0. The number of benzene rings is 1. The number of halogens is 2. The molecule has 2 rings (SSSR count). The van der Waals surface area contributed by atoms with Gasteiger partial charge in [-0.3, -0.25) is 4.68 Å². The number of hydrogen-bond donors (Lipinski definition) is 1. The maximum atomic E-state index is 13.2. The number of anilines is 1. The fourth-order valence-corrected chi connectivity index (χ4v) is 2.02. The zero-order chi connectivity index (χ0) is 14.9. The summed E-state index contributed by atoms with van der Waals surface area (Å²) in [5.74, 6) is -1.26. The molecular formula is C13H13ClFN3O2. The molecule has 20 heavy (non-hydrogen) atoms. The van der Waals surface area contributed by atoms with Gasteiger partial charge in [-0.1, -0.05) is 11.6 Å². The van der Waals surface area contributed by atoms with Gasteiger partial charge in [-0.15, -0.1) is 0 Å². The number of carbonyl (C=O) groups excluding carboxylic acids is 1. The van der Waals surface area contributed by atoms with Crippen LogP contribution in [0, 0.1) is 12.7 Å². The van der Waals surface area contributed by atoms with Crippen molar-refractivity contribution in [3.8, 4) is 0 Å². The van der Waals surface area contributed by atoms with Crippen LogP contribution in [0.4, 0.5) is 10.1 Å². The third kappa shape index (κ3) is 2.91. The summed E-state index contributed by atoms with van der Waals surface area (Å²) in [7, 11) is 1.69. The second-order valence-corrected chi connectivity index (χ2v) is 4.69. The molecular weight excluding hydrogens is 285 g/mol. The molecule has 0 unspecified atom stereocenters. The summed E-state index contributed by atoms with van der Waals surface area (Å²) in [5, 5.41) is 4.50. The highest BCUT2D eigenvalue weighted by Gasteiger charge is 2.15. The molecule has 0 saturated heterocycles. The number of carbonyl (C=O) groups is 1. The molecule has 1 aromatic heterocycles. The van der Waals surface area contributed by atoms with E-state index in [2.05, 4.69) is 5.10 Å². The first-order chi connectivity index (χ1) is 9.38. The van der Waals surface area contributed by atoms with Crippen molar-refractivity contribution in [2.24, 2.45) is 7.05 Å².